The summed E-state index contributed by atoms with van der Waals surface area (Å²) in [7, 11) is 0. The molecule has 1 unspecified atom stereocenters. The first kappa shape index (κ1) is 10.8. The number of anilines is 1. The SMILES string of the molecule is Cc1nnc(NC2CCC(=O)NC2)nc1C. The lowest BCUT2D eigenvalue weighted by atomic mass is 10.1. The first-order valence-corrected chi connectivity index (χ1v) is 5.36. The van der Waals surface area contributed by atoms with Gasteiger partial charge in [0, 0.05) is 19.0 Å². The first-order chi connectivity index (χ1) is 7.65. The Morgan fingerprint density at radius 3 is 2.75 bits per heavy atom. The van der Waals surface area contributed by atoms with Crippen LogP contribution in [0.15, 0.2) is 0 Å². The van der Waals surface area contributed by atoms with E-state index in [1.54, 1.807) is 0 Å². The summed E-state index contributed by atoms with van der Waals surface area (Å²) in [6.07, 6.45) is 1.36. The minimum absolute atomic E-state index is 0.109. The number of nitrogens with zero attached hydrogens (tertiary/aromatic N) is 3. The van der Waals surface area contributed by atoms with Crippen molar-refractivity contribution in [3.8, 4) is 0 Å². The van der Waals surface area contributed by atoms with Crippen LogP contribution >= 0.6 is 0 Å². The second kappa shape index (κ2) is 4.42. The maximum atomic E-state index is 11.0. The van der Waals surface area contributed by atoms with Crippen molar-refractivity contribution in [2.45, 2.75) is 32.7 Å². The maximum absolute atomic E-state index is 11.0. The zero-order valence-electron chi connectivity index (χ0n) is 9.45. The number of aromatic nitrogens is 3. The van der Waals surface area contributed by atoms with Gasteiger partial charge in [-0.1, -0.05) is 0 Å². The van der Waals surface area contributed by atoms with E-state index in [0.29, 0.717) is 18.9 Å². The Hall–Kier alpha value is -1.72. The first-order valence-electron chi connectivity index (χ1n) is 5.36. The summed E-state index contributed by atoms with van der Waals surface area (Å²) < 4.78 is 0. The second-order valence-electron chi connectivity index (χ2n) is 3.99. The molecular weight excluding hydrogens is 206 g/mol. The molecule has 1 saturated heterocycles. The lowest BCUT2D eigenvalue weighted by molar-refractivity contribution is -0.122. The molecule has 1 aromatic heterocycles. The van der Waals surface area contributed by atoms with Gasteiger partial charge in [0.15, 0.2) is 0 Å². The Bertz CT molecular complexity index is 396. The number of piperidine rings is 1. The number of amides is 1. The number of carbonyl (C=O) groups excluding carboxylic acids is 1. The van der Waals surface area contributed by atoms with Crippen molar-refractivity contribution < 1.29 is 4.79 Å². The van der Waals surface area contributed by atoms with Gasteiger partial charge in [-0.05, 0) is 20.3 Å². The molecule has 0 aromatic carbocycles. The molecule has 0 radical (unpaired) electrons. The molecule has 0 bridgehead atoms. The number of rotatable bonds is 2. The Labute approximate surface area is 93.9 Å². The van der Waals surface area contributed by atoms with Crippen molar-refractivity contribution in [3.63, 3.8) is 0 Å². The quantitative estimate of drug-likeness (QED) is 0.744. The fourth-order valence-corrected chi connectivity index (χ4v) is 1.56. The molecule has 0 aliphatic carbocycles. The van der Waals surface area contributed by atoms with E-state index in [2.05, 4.69) is 25.8 Å². The molecule has 1 atom stereocenters. The fourth-order valence-electron chi connectivity index (χ4n) is 1.56. The largest absolute Gasteiger partial charge is 0.354 e. The normalized spacial score (nSPS) is 20.4. The van der Waals surface area contributed by atoms with E-state index in [1.807, 2.05) is 13.8 Å². The van der Waals surface area contributed by atoms with E-state index in [4.69, 9.17) is 0 Å². The molecule has 1 amide bonds. The highest BCUT2D eigenvalue weighted by Gasteiger charge is 2.18. The van der Waals surface area contributed by atoms with Crippen LogP contribution in [-0.2, 0) is 4.79 Å². The summed E-state index contributed by atoms with van der Waals surface area (Å²) in [4.78, 5) is 15.3. The van der Waals surface area contributed by atoms with Gasteiger partial charge in [-0.3, -0.25) is 4.79 Å². The smallest absolute Gasteiger partial charge is 0.243 e. The minimum atomic E-state index is 0.109. The van der Waals surface area contributed by atoms with Crippen molar-refractivity contribution in [2.24, 2.45) is 0 Å². The number of carbonyl (C=O) groups is 1. The summed E-state index contributed by atoms with van der Waals surface area (Å²) in [5.74, 6) is 0.640. The van der Waals surface area contributed by atoms with Crippen molar-refractivity contribution in [3.05, 3.63) is 11.4 Å². The van der Waals surface area contributed by atoms with Crippen molar-refractivity contribution in [1.82, 2.24) is 20.5 Å². The molecular formula is C10H15N5O. The van der Waals surface area contributed by atoms with Gasteiger partial charge in [0.2, 0.25) is 11.9 Å². The van der Waals surface area contributed by atoms with Crippen LogP contribution < -0.4 is 10.6 Å². The fraction of sp³-hybridized carbons (Fsp3) is 0.600. The summed E-state index contributed by atoms with van der Waals surface area (Å²) in [5, 5.41) is 13.9. The van der Waals surface area contributed by atoms with Gasteiger partial charge in [-0.2, -0.15) is 5.10 Å². The lowest BCUT2D eigenvalue weighted by Crippen LogP contribution is -2.42. The van der Waals surface area contributed by atoms with Crippen LogP contribution in [-0.4, -0.2) is 33.7 Å². The van der Waals surface area contributed by atoms with Crippen LogP contribution in [0.2, 0.25) is 0 Å². The highest BCUT2D eigenvalue weighted by atomic mass is 16.1. The van der Waals surface area contributed by atoms with E-state index in [1.165, 1.54) is 0 Å². The second-order valence-corrected chi connectivity index (χ2v) is 3.99. The van der Waals surface area contributed by atoms with E-state index in [0.717, 1.165) is 17.8 Å². The molecule has 16 heavy (non-hydrogen) atoms. The molecule has 1 fully saturated rings. The van der Waals surface area contributed by atoms with E-state index in [9.17, 15) is 4.79 Å². The van der Waals surface area contributed by atoms with E-state index >= 15 is 0 Å². The van der Waals surface area contributed by atoms with Crippen LogP contribution in [0.4, 0.5) is 5.95 Å². The molecule has 6 heteroatoms. The van der Waals surface area contributed by atoms with Gasteiger partial charge in [-0.25, -0.2) is 4.98 Å². The summed E-state index contributed by atoms with van der Waals surface area (Å²) in [5.41, 5.74) is 1.71. The molecule has 86 valence electrons. The van der Waals surface area contributed by atoms with E-state index in [-0.39, 0.29) is 11.9 Å². The van der Waals surface area contributed by atoms with Crippen LogP contribution in [0, 0.1) is 13.8 Å². The molecule has 2 heterocycles. The molecule has 1 aliphatic heterocycles. The molecule has 0 spiro atoms. The summed E-state index contributed by atoms with van der Waals surface area (Å²) >= 11 is 0. The van der Waals surface area contributed by atoms with Gasteiger partial charge >= 0.3 is 0 Å². The maximum Gasteiger partial charge on any atom is 0.243 e. The Morgan fingerprint density at radius 2 is 2.12 bits per heavy atom. The van der Waals surface area contributed by atoms with Gasteiger partial charge in [-0.15, -0.1) is 5.10 Å². The van der Waals surface area contributed by atoms with Gasteiger partial charge < -0.3 is 10.6 Å². The average molecular weight is 221 g/mol. The summed E-state index contributed by atoms with van der Waals surface area (Å²) in [6.45, 7) is 4.40. The molecule has 6 nitrogen and oxygen atoms in total. The molecule has 1 aliphatic rings. The van der Waals surface area contributed by atoms with Crippen molar-refractivity contribution >= 4 is 11.9 Å². The molecule has 0 saturated carbocycles. The topological polar surface area (TPSA) is 79.8 Å². The van der Waals surface area contributed by atoms with Crippen LogP contribution in [0.25, 0.3) is 0 Å². The summed E-state index contributed by atoms with van der Waals surface area (Å²) in [6, 6.07) is 0.196. The average Bonchev–Trinajstić information content (AvgIpc) is 2.27. The van der Waals surface area contributed by atoms with Gasteiger partial charge in [0.05, 0.1) is 11.4 Å². The highest BCUT2D eigenvalue weighted by Crippen LogP contribution is 2.09. The van der Waals surface area contributed by atoms with Crippen LogP contribution in [0.3, 0.4) is 0 Å². The van der Waals surface area contributed by atoms with Crippen molar-refractivity contribution in [2.75, 3.05) is 11.9 Å². The number of hydrogen-bond donors (Lipinski definition) is 2. The number of nitrogens with one attached hydrogen (secondary N) is 2. The standard InChI is InChI=1S/C10H15N5O/c1-6-7(2)14-15-10(12-6)13-8-3-4-9(16)11-5-8/h8H,3-5H2,1-2H3,(H,11,16)(H,12,13,15). The third-order valence-electron chi connectivity index (χ3n) is 2.69. The van der Waals surface area contributed by atoms with Crippen LogP contribution in [0.5, 0.6) is 0 Å². The Morgan fingerprint density at radius 1 is 1.31 bits per heavy atom. The predicted molar refractivity (Wildman–Crippen MR) is 59.0 cm³/mol. The van der Waals surface area contributed by atoms with Crippen molar-refractivity contribution in [1.29, 1.82) is 0 Å². The van der Waals surface area contributed by atoms with Gasteiger partial charge in [0.1, 0.15) is 0 Å². The zero-order chi connectivity index (χ0) is 11.5. The van der Waals surface area contributed by atoms with Crippen LogP contribution in [0.1, 0.15) is 24.2 Å². The molecule has 2 N–H and O–H groups in total. The monoisotopic (exact) mass is 221 g/mol. The molecule has 2 rings (SSSR count). The Balaban J connectivity index is 1.98. The highest BCUT2D eigenvalue weighted by molar-refractivity contribution is 5.76. The lowest BCUT2D eigenvalue weighted by Gasteiger charge is -2.23. The Kier molecular flexibility index (Phi) is 2.98. The number of hydrogen-bond acceptors (Lipinski definition) is 5. The third kappa shape index (κ3) is 2.44. The number of aryl methyl sites for hydroxylation is 2. The predicted octanol–water partition coefficient (Wildman–Crippen LogP) is 0.179. The molecule has 1 aromatic rings. The minimum Gasteiger partial charge on any atom is -0.354 e. The van der Waals surface area contributed by atoms with Gasteiger partial charge in [0.25, 0.3) is 0 Å². The zero-order valence-corrected chi connectivity index (χ0v) is 9.45. The third-order valence-corrected chi connectivity index (χ3v) is 2.69. The van der Waals surface area contributed by atoms with E-state index < -0.39 is 0 Å².